The molecule has 1 aromatic carbocycles. The molecule has 1 amide bonds. The Labute approximate surface area is 198 Å². The lowest BCUT2D eigenvalue weighted by Crippen LogP contribution is -2.41. The Bertz CT molecular complexity index is 939. The minimum atomic E-state index is 0.00512. The van der Waals surface area contributed by atoms with Crippen LogP contribution >= 0.6 is 0 Å². The zero-order chi connectivity index (χ0) is 22.8. The van der Waals surface area contributed by atoms with Crippen molar-refractivity contribution in [2.24, 2.45) is 4.99 Å². The molecule has 2 heterocycles. The van der Waals surface area contributed by atoms with Gasteiger partial charge in [-0.25, -0.2) is 4.99 Å². The van der Waals surface area contributed by atoms with Crippen LogP contribution in [0.2, 0.25) is 0 Å². The van der Waals surface area contributed by atoms with E-state index < -0.39 is 0 Å². The Kier molecular flexibility index (Phi) is 6.75. The van der Waals surface area contributed by atoms with E-state index in [2.05, 4.69) is 31.0 Å². The molecule has 1 saturated heterocycles. The molecule has 0 unspecified atom stereocenters. The molecule has 1 aromatic rings. The highest BCUT2D eigenvalue weighted by atomic mass is 16.5. The van der Waals surface area contributed by atoms with Crippen LogP contribution in [0.3, 0.4) is 0 Å². The number of nitrogens with zero attached hydrogens (tertiary/aromatic N) is 3. The van der Waals surface area contributed by atoms with E-state index in [4.69, 9.17) is 9.73 Å². The highest BCUT2D eigenvalue weighted by Gasteiger charge is 2.40. The number of amidine groups is 1. The van der Waals surface area contributed by atoms with Crippen molar-refractivity contribution in [3.05, 3.63) is 34.6 Å². The number of amides is 1. The molecule has 2 saturated carbocycles. The Morgan fingerprint density at radius 1 is 1.06 bits per heavy atom. The van der Waals surface area contributed by atoms with Crippen LogP contribution in [0.5, 0.6) is 0 Å². The number of benzene rings is 1. The van der Waals surface area contributed by atoms with Crippen molar-refractivity contribution in [3.63, 3.8) is 0 Å². The zero-order valence-corrected chi connectivity index (χ0v) is 20.4. The second-order valence-electron chi connectivity index (χ2n) is 10.4. The van der Waals surface area contributed by atoms with E-state index in [1.165, 1.54) is 55.3 Å². The first-order chi connectivity index (χ1) is 16.1. The third-order valence-corrected chi connectivity index (χ3v) is 7.82. The van der Waals surface area contributed by atoms with Crippen LogP contribution in [0.1, 0.15) is 94.2 Å². The maximum absolute atomic E-state index is 13.6. The Balaban J connectivity index is 1.48. The topological polar surface area (TPSA) is 45.1 Å². The van der Waals surface area contributed by atoms with Gasteiger partial charge in [0, 0.05) is 25.3 Å². The molecular formula is C28H39N3O2. The number of ether oxygens (including phenoxy) is 1. The first kappa shape index (κ1) is 22.5. The van der Waals surface area contributed by atoms with Crippen molar-refractivity contribution < 1.29 is 9.53 Å². The van der Waals surface area contributed by atoms with E-state index in [0.29, 0.717) is 17.8 Å². The average Bonchev–Trinajstić information content (AvgIpc) is 3.43. The zero-order valence-electron chi connectivity index (χ0n) is 20.4. The summed E-state index contributed by atoms with van der Waals surface area (Å²) in [6, 6.07) is 5.63. The van der Waals surface area contributed by atoms with Gasteiger partial charge < -0.3 is 9.64 Å². The number of fused-ring (bicyclic) bond motifs is 1. The Morgan fingerprint density at radius 3 is 2.58 bits per heavy atom. The summed E-state index contributed by atoms with van der Waals surface area (Å²) >= 11 is 0. The summed E-state index contributed by atoms with van der Waals surface area (Å²) in [4.78, 5) is 22.8. The van der Waals surface area contributed by atoms with Crippen LogP contribution < -0.4 is 4.90 Å². The van der Waals surface area contributed by atoms with E-state index in [1.807, 2.05) is 11.0 Å². The Morgan fingerprint density at radius 2 is 1.82 bits per heavy atom. The molecule has 33 heavy (non-hydrogen) atoms. The number of aliphatic imine (C=N–C) groups is 1. The normalized spacial score (nSPS) is 24.7. The number of carbonyl (C=O) groups excluding carboxylic acids is 1. The van der Waals surface area contributed by atoms with Crippen molar-refractivity contribution in [2.75, 3.05) is 18.5 Å². The van der Waals surface area contributed by atoms with E-state index in [-0.39, 0.29) is 11.9 Å². The van der Waals surface area contributed by atoms with Gasteiger partial charge in [0.15, 0.2) is 5.76 Å². The fourth-order valence-corrected chi connectivity index (χ4v) is 6.21. The van der Waals surface area contributed by atoms with Crippen LogP contribution in [-0.2, 0) is 22.4 Å². The third-order valence-electron chi connectivity index (χ3n) is 7.82. The average molecular weight is 450 g/mol. The largest absolute Gasteiger partial charge is 0.420 e. The van der Waals surface area contributed by atoms with Gasteiger partial charge in [-0.3, -0.25) is 9.69 Å². The molecule has 5 rings (SSSR count). The second kappa shape index (κ2) is 9.90. The number of hydrogen-bond donors (Lipinski definition) is 0. The van der Waals surface area contributed by atoms with Gasteiger partial charge in [0.25, 0.3) is 5.91 Å². The van der Waals surface area contributed by atoms with Gasteiger partial charge in [0.1, 0.15) is 0 Å². The maximum Gasteiger partial charge on any atom is 0.300 e. The molecule has 0 spiro atoms. The number of aryl methyl sites for hydroxylation is 2. The molecule has 5 nitrogen and oxygen atoms in total. The van der Waals surface area contributed by atoms with Gasteiger partial charge in [-0.2, -0.15) is 0 Å². The lowest BCUT2D eigenvalue weighted by molar-refractivity contribution is -0.124. The molecule has 178 valence electrons. The standard InChI is InChI=1S/C28H39N3O2/c1-3-10-21-17-20(18-22-11-9-16-30(2)26(21)22)19-25-27(32)31(24-14-5-4-6-15-24)28(33-25)29-23-12-7-8-13-23/h17-19,23-24H,3-16H2,1-2H3/b25-19+,29-28?. The minimum absolute atomic E-state index is 0.00512. The predicted molar refractivity (Wildman–Crippen MR) is 134 cm³/mol. The van der Waals surface area contributed by atoms with E-state index in [1.54, 1.807) is 0 Å². The highest BCUT2D eigenvalue weighted by Crippen LogP contribution is 2.35. The molecule has 2 aliphatic carbocycles. The van der Waals surface area contributed by atoms with E-state index in [0.717, 1.165) is 57.1 Å². The smallest absolute Gasteiger partial charge is 0.300 e. The van der Waals surface area contributed by atoms with Crippen molar-refractivity contribution >= 4 is 23.7 Å². The molecule has 0 aromatic heterocycles. The van der Waals surface area contributed by atoms with Crippen LogP contribution in [-0.4, -0.2) is 42.5 Å². The number of rotatable bonds is 5. The molecule has 3 fully saturated rings. The summed E-state index contributed by atoms with van der Waals surface area (Å²) in [5.41, 5.74) is 5.27. The van der Waals surface area contributed by atoms with Crippen molar-refractivity contribution in [2.45, 2.75) is 102 Å². The number of anilines is 1. The fourth-order valence-electron chi connectivity index (χ4n) is 6.21. The monoisotopic (exact) mass is 449 g/mol. The van der Waals surface area contributed by atoms with E-state index in [9.17, 15) is 4.79 Å². The summed E-state index contributed by atoms with van der Waals surface area (Å²) in [6.45, 7) is 3.35. The van der Waals surface area contributed by atoms with Crippen molar-refractivity contribution in [3.8, 4) is 0 Å². The molecule has 5 heteroatoms. The van der Waals surface area contributed by atoms with Crippen LogP contribution in [0.25, 0.3) is 6.08 Å². The molecular weight excluding hydrogens is 410 g/mol. The van der Waals surface area contributed by atoms with Crippen molar-refractivity contribution in [1.82, 2.24) is 4.90 Å². The Hall–Kier alpha value is -2.30. The predicted octanol–water partition coefficient (Wildman–Crippen LogP) is 5.85. The van der Waals surface area contributed by atoms with Crippen LogP contribution in [0.15, 0.2) is 22.9 Å². The van der Waals surface area contributed by atoms with Gasteiger partial charge in [-0.15, -0.1) is 0 Å². The minimum Gasteiger partial charge on any atom is -0.420 e. The first-order valence-electron chi connectivity index (χ1n) is 13.3. The second-order valence-corrected chi connectivity index (χ2v) is 10.4. The summed E-state index contributed by atoms with van der Waals surface area (Å²) in [7, 11) is 2.20. The van der Waals surface area contributed by atoms with Gasteiger partial charge >= 0.3 is 6.02 Å². The first-order valence-corrected chi connectivity index (χ1v) is 13.3. The third kappa shape index (κ3) is 4.69. The van der Waals surface area contributed by atoms with Gasteiger partial charge in [-0.1, -0.05) is 45.4 Å². The molecule has 0 N–H and O–H groups in total. The SMILES string of the molecule is CCCc1cc(/C=C2/OC(=NC3CCCC3)N(C3CCCCC3)C2=O)cc2c1N(C)CCC2. The molecule has 2 aliphatic heterocycles. The lowest BCUT2D eigenvalue weighted by atomic mass is 9.93. The summed E-state index contributed by atoms with van der Waals surface area (Å²) in [5, 5.41) is 0. The summed E-state index contributed by atoms with van der Waals surface area (Å²) in [5.74, 6) is 0.453. The lowest BCUT2D eigenvalue weighted by Gasteiger charge is -2.30. The summed E-state index contributed by atoms with van der Waals surface area (Å²) in [6.07, 6.45) is 16.8. The van der Waals surface area contributed by atoms with Crippen molar-refractivity contribution in [1.29, 1.82) is 0 Å². The number of hydrogen-bond acceptors (Lipinski definition) is 4. The van der Waals surface area contributed by atoms with Crippen LogP contribution in [0.4, 0.5) is 5.69 Å². The highest BCUT2D eigenvalue weighted by molar-refractivity contribution is 6.11. The maximum atomic E-state index is 13.6. The molecule has 4 aliphatic rings. The summed E-state index contributed by atoms with van der Waals surface area (Å²) < 4.78 is 6.25. The number of carbonyl (C=O) groups is 1. The van der Waals surface area contributed by atoms with Crippen LogP contribution in [0, 0.1) is 0 Å². The molecule has 0 bridgehead atoms. The van der Waals surface area contributed by atoms with E-state index >= 15 is 0 Å². The fraction of sp³-hybridized carbons (Fsp3) is 0.643. The quantitative estimate of drug-likeness (QED) is 0.530. The van der Waals surface area contributed by atoms with Gasteiger partial charge in [0.05, 0.1) is 6.04 Å². The molecule has 0 radical (unpaired) electrons. The molecule has 0 atom stereocenters. The van der Waals surface area contributed by atoms with Gasteiger partial charge in [-0.05, 0) is 79.8 Å². The van der Waals surface area contributed by atoms with Gasteiger partial charge in [0.2, 0.25) is 0 Å².